The third-order valence-corrected chi connectivity index (χ3v) is 4.48. The molecule has 0 unspecified atom stereocenters. The molecule has 13 heteroatoms. The van der Waals surface area contributed by atoms with Crippen molar-refractivity contribution in [2.24, 2.45) is 0 Å². The molecule has 33 heavy (non-hydrogen) atoms. The first-order chi connectivity index (χ1) is 15.7. The van der Waals surface area contributed by atoms with Crippen LogP contribution in [0.15, 0.2) is 36.9 Å². The number of carbonyl (C=O) groups is 1. The maximum absolute atomic E-state index is 12.8. The lowest BCUT2D eigenvalue weighted by Crippen LogP contribution is -2.29. The van der Waals surface area contributed by atoms with Gasteiger partial charge in [-0.2, -0.15) is 15.0 Å². The molecule has 0 bridgehead atoms. The highest BCUT2D eigenvalue weighted by Crippen LogP contribution is 2.32. The number of nitrogens with one attached hydrogen (secondary N) is 1. The lowest BCUT2D eigenvalue weighted by Gasteiger charge is -2.16. The van der Waals surface area contributed by atoms with Crippen LogP contribution >= 0.6 is 0 Å². The molecule has 0 radical (unpaired) electrons. The third kappa shape index (κ3) is 5.53. The van der Waals surface area contributed by atoms with Crippen molar-refractivity contribution < 1.29 is 27.4 Å². The van der Waals surface area contributed by atoms with Crippen molar-refractivity contribution >= 4 is 5.91 Å². The molecule has 2 aromatic heterocycles. The molecule has 1 amide bonds. The van der Waals surface area contributed by atoms with Gasteiger partial charge in [0.2, 0.25) is 0 Å². The van der Waals surface area contributed by atoms with Gasteiger partial charge in [0, 0.05) is 11.6 Å². The number of nitrogens with zero attached hydrogens (tertiary/aromatic N) is 6. The van der Waals surface area contributed by atoms with Crippen LogP contribution in [0.4, 0.5) is 13.2 Å². The molecule has 0 aliphatic heterocycles. The molecule has 1 atom stereocenters. The topological polar surface area (TPSA) is 128 Å². The van der Waals surface area contributed by atoms with E-state index in [-0.39, 0.29) is 28.9 Å². The number of amides is 1. The van der Waals surface area contributed by atoms with Gasteiger partial charge in [-0.3, -0.25) is 4.79 Å². The first-order valence-electron chi connectivity index (χ1n) is 9.72. The Morgan fingerprint density at radius 3 is 2.61 bits per heavy atom. The van der Waals surface area contributed by atoms with Crippen molar-refractivity contribution in [2.45, 2.75) is 38.3 Å². The molecule has 3 aromatic rings. The Labute approximate surface area is 185 Å². The number of rotatable bonds is 7. The molecule has 0 saturated heterocycles. The van der Waals surface area contributed by atoms with E-state index in [0.717, 1.165) is 25.0 Å². The van der Waals surface area contributed by atoms with E-state index in [9.17, 15) is 18.0 Å². The summed E-state index contributed by atoms with van der Waals surface area (Å²) in [4.78, 5) is 25.0. The Bertz CT molecular complexity index is 1200. The van der Waals surface area contributed by atoms with E-state index in [0.29, 0.717) is 5.82 Å². The largest absolute Gasteiger partial charge is 0.573 e. The predicted molar refractivity (Wildman–Crippen MR) is 104 cm³/mol. The van der Waals surface area contributed by atoms with Gasteiger partial charge in [-0.25, -0.2) is 15.0 Å². The van der Waals surface area contributed by atoms with E-state index in [1.165, 1.54) is 29.5 Å². The van der Waals surface area contributed by atoms with Crippen LogP contribution in [0.3, 0.4) is 0 Å². The van der Waals surface area contributed by atoms with E-state index >= 15 is 0 Å². The first-order valence-corrected chi connectivity index (χ1v) is 9.72. The lowest BCUT2D eigenvalue weighted by molar-refractivity contribution is -0.274. The lowest BCUT2D eigenvalue weighted by atomic mass is 10.1. The van der Waals surface area contributed by atoms with Crippen molar-refractivity contribution in [2.75, 3.05) is 0 Å². The Balaban J connectivity index is 1.55. The quantitative estimate of drug-likeness (QED) is 0.571. The first kappa shape index (κ1) is 22.0. The predicted octanol–water partition coefficient (Wildman–Crippen LogP) is 2.86. The third-order valence-electron chi connectivity index (χ3n) is 4.48. The monoisotopic (exact) mass is 459 g/mol. The SMILES string of the molecule is C[C@H](NC(=O)c1cc(OC2CC2)cc(OC(F)(F)F)c1)c1ncnn1-c1cnc(C#N)cn1. The summed E-state index contributed by atoms with van der Waals surface area (Å²) in [6, 6.07) is 4.56. The molecule has 1 fully saturated rings. The van der Waals surface area contributed by atoms with Crippen LogP contribution in [0.2, 0.25) is 0 Å². The van der Waals surface area contributed by atoms with Crippen LogP contribution in [-0.2, 0) is 0 Å². The smallest absolute Gasteiger partial charge is 0.490 e. The van der Waals surface area contributed by atoms with Gasteiger partial charge in [0.05, 0.1) is 24.5 Å². The zero-order valence-electron chi connectivity index (χ0n) is 17.1. The fraction of sp³-hybridized carbons (Fsp3) is 0.300. The standard InChI is InChI=1S/C20H16F3N7O3/c1-11(18-27-10-28-30(18)17-9-25-13(7-24)8-26-17)29-19(31)12-4-15(32-14-2-3-14)6-16(5-12)33-20(21,22)23/h4-6,8-11,14H,2-3H2,1H3,(H,29,31)/t11-/m0/s1. The summed E-state index contributed by atoms with van der Waals surface area (Å²) >= 11 is 0. The van der Waals surface area contributed by atoms with Gasteiger partial charge in [0.1, 0.15) is 23.9 Å². The Morgan fingerprint density at radius 2 is 1.97 bits per heavy atom. The summed E-state index contributed by atoms with van der Waals surface area (Å²) in [6.45, 7) is 1.62. The maximum Gasteiger partial charge on any atom is 0.573 e. The van der Waals surface area contributed by atoms with Crippen LogP contribution in [0, 0.1) is 11.3 Å². The highest BCUT2D eigenvalue weighted by atomic mass is 19.4. The van der Waals surface area contributed by atoms with Gasteiger partial charge >= 0.3 is 6.36 Å². The molecule has 2 heterocycles. The van der Waals surface area contributed by atoms with Gasteiger partial charge in [-0.15, -0.1) is 13.2 Å². The van der Waals surface area contributed by atoms with Crippen LogP contribution in [-0.4, -0.2) is 43.1 Å². The number of halogens is 3. The molecule has 10 nitrogen and oxygen atoms in total. The number of nitriles is 1. The average Bonchev–Trinajstić information content (AvgIpc) is 3.43. The summed E-state index contributed by atoms with van der Waals surface area (Å²) in [7, 11) is 0. The highest BCUT2D eigenvalue weighted by Gasteiger charge is 2.32. The second kappa shape index (κ2) is 8.73. The van der Waals surface area contributed by atoms with Gasteiger partial charge < -0.3 is 14.8 Å². The number of aromatic nitrogens is 5. The van der Waals surface area contributed by atoms with E-state index in [2.05, 4.69) is 30.1 Å². The number of benzene rings is 1. The van der Waals surface area contributed by atoms with Crippen molar-refractivity contribution in [1.82, 2.24) is 30.0 Å². The van der Waals surface area contributed by atoms with E-state index in [1.54, 1.807) is 6.92 Å². The number of alkyl halides is 3. The second-order valence-corrected chi connectivity index (χ2v) is 7.15. The molecule has 1 aliphatic carbocycles. The molecule has 4 rings (SSSR count). The molecular weight excluding hydrogens is 443 g/mol. The fourth-order valence-corrected chi connectivity index (χ4v) is 2.90. The minimum absolute atomic E-state index is 0.0801. The molecule has 1 aromatic carbocycles. The molecule has 1 saturated carbocycles. The van der Waals surface area contributed by atoms with Gasteiger partial charge in [-0.1, -0.05) is 0 Å². The average molecular weight is 459 g/mol. The van der Waals surface area contributed by atoms with Gasteiger partial charge in [0.25, 0.3) is 5.91 Å². The minimum Gasteiger partial charge on any atom is -0.490 e. The zero-order valence-corrected chi connectivity index (χ0v) is 17.1. The number of carbonyl (C=O) groups excluding carboxylic acids is 1. The summed E-state index contributed by atoms with van der Waals surface area (Å²) in [6.07, 6.45) is 0.401. The number of ether oxygens (including phenoxy) is 2. The summed E-state index contributed by atoms with van der Waals surface area (Å²) in [5.41, 5.74) is 0.0374. The van der Waals surface area contributed by atoms with Crippen LogP contribution in [0.25, 0.3) is 5.82 Å². The summed E-state index contributed by atoms with van der Waals surface area (Å²) in [5, 5.41) is 15.6. The van der Waals surface area contributed by atoms with Gasteiger partial charge in [-0.05, 0) is 31.9 Å². The van der Waals surface area contributed by atoms with E-state index < -0.39 is 24.1 Å². The second-order valence-electron chi connectivity index (χ2n) is 7.15. The molecule has 170 valence electrons. The maximum atomic E-state index is 12.8. The normalized spacial score (nSPS) is 14.3. The molecule has 1 N–H and O–H groups in total. The van der Waals surface area contributed by atoms with Crippen molar-refractivity contribution in [3.8, 4) is 23.4 Å². The van der Waals surface area contributed by atoms with Crippen LogP contribution in [0.1, 0.15) is 47.7 Å². The van der Waals surface area contributed by atoms with Crippen molar-refractivity contribution in [1.29, 1.82) is 5.26 Å². The summed E-state index contributed by atoms with van der Waals surface area (Å²) in [5.74, 6) is -0.568. The van der Waals surface area contributed by atoms with Crippen LogP contribution in [0.5, 0.6) is 11.5 Å². The van der Waals surface area contributed by atoms with Crippen LogP contribution < -0.4 is 14.8 Å². The molecular formula is C20H16F3N7O3. The summed E-state index contributed by atoms with van der Waals surface area (Å²) < 4.78 is 49.0. The molecule has 0 spiro atoms. The number of hydrogen-bond donors (Lipinski definition) is 1. The van der Waals surface area contributed by atoms with E-state index in [4.69, 9.17) is 10.00 Å². The van der Waals surface area contributed by atoms with E-state index in [1.807, 2.05) is 6.07 Å². The Morgan fingerprint density at radius 1 is 1.21 bits per heavy atom. The Hall–Kier alpha value is -4.21. The zero-order chi connectivity index (χ0) is 23.6. The fourth-order valence-electron chi connectivity index (χ4n) is 2.90. The minimum atomic E-state index is -4.92. The number of hydrogen-bond acceptors (Lipinski definition) is 8. The van der Waals surface area contributed by atoms with Gasteiger partial charge in [0.15, 0.2) is 17.3 Å². The Kier molecular flexibility index (Phi) is 5.82. The van der Waals surface area contributed by atoms with Crippen molar-refractivity contribution in [3.05, 3.63) is 54.0 Å². The highest BCUT2D eigenvalue weighted by molar-refractivity contribution is 5.95. The van der Waals surface area contributed by atoms with Crippen molar-refractivity contribution in [3.63, 3.8) is 0 Å². The molecule has 1 aliphatic rings.